The van der Waals surface area contributed by atoms with Crippen LogP contribution in [0.25, 0.3) is 28.2 Å². The van der Waals surface area contributed by atoms with Crippen LogP contribution in [0.15, 0.2) is 53.3 Å². The lowest BCUT2D eigenvalue weighted by Gasteiger charge is -2.32. The minimum absolute atomic E-state index is 0.0198. The van der Waals surface area contributed by atoms with Gasteiger partial charge in [-0.25, -0.2) is 9.48 Å². The zero-order chi connectivity index (χ0) is 25.4. The summed E-state index contributed by atoms with van der Waals surface area (Å²) in [5, 5.41) is 14.5. The number of anilines is 1. The summed E-state index contributed by atoms with van der Waals surface area (Å²) in [4.78, 5) is 35.9. The molecule has 0 radical (unpaired) electrons. The van der Waals surface area contributed by atoms with Crippen LogP contribution in [-0.4, -0.2) is 42.8 Å². The van der Waals surface area contributed by atoms with E-state index in [2.05, 4.69) is 22.0 Å². The Morgan fingerprint density at radius 2 is 1.92 bits per heavy atom. The smallest absolute Gasteiger partial charge is 0.341 e. The molecule has 0 spiro atoms. The molecular weight excluding hydrogens is 458 g/mol. The van der Waals surface area contributed by atoms with E-state index in [-0.39, 0.29) is 29.2 Å². The fraction of sp³-hybridized carbons (Fsp3) is 0.370. The average Bonchev–Trinajstić information content (AvgIpc) is 3.49. The third kappa shape index (κ3) is 4.48. The van der Waals surface area contributed by atoms with Crippen LogP contribution >= 0.6 is 0 Å². The molecule has 0 bridgehead atoms. The quantitative estimate of drug-likeness (QED) is 0.390. The van der Waals surface area contributed by atoms with Crippen LogP contribution < -0.4 is 4.90 Å². The van der Waals surface area contributed by atoms with Crippen LogP contribution in [0.4, 0.5) is 5.82 Å². The molecule has 1 fully saturated rings. The number of pyridine rings is 2. The molecule has 0 atom stereocenters. The van der Waals surface area contributed by atoms with Gasteiger partial charge in [-0.15, -0.1) is 5.10 Å². The first-order valence-electron chi connectivity index (χ1n) is 12.3. The molecule has 1 aliphatic carbocycles. The van der Waals surface area contributed by atoms with Gasteiger partial charge >= 0.3 is 5.97 Å². The number of aromatic nitrogens is 4. The summed E-state index contributed by atoms with van der Waals surface area (Å²) >= 11 is 0. The Morgan fingerprint density at radius 3 is 2.56 bits per heavy atom. The van der Waals surface area contributed by atoms with Gasteiger partial charge in [-0.3, -0.25) is 19.7 Å². The summed E-state index contributed by atoms with van der Waals surface area (Å²) in [5.74, 6) is 0.0498. The molecule has 0 unspecified atom stereocenters. The summed E-state index contributed by atoms with van der Waals surface area (Å²) in [6.45, 7) is 5.97. The summed E-state index contributed by atoms with van der Waals surface area (Å²) in [6.07, 6.45) is 8.37. The third-order valence-corrected chi connectivity index (χ3v) is 6.82. The Hall–Kier alpha value is -4.01. The fourth-order valence-corrected chi connectivity index (χ4v) is 4.80. The van der Waals surface area contributed by atoms with Crippen molar-refractivity contribution in [3.05, 3.63) is 54.5 Å². The van der Waals surface area contributed by atoms with Gasteiger partial charge in [0.15, 0.2) is 17.2 Å². The van der Waals surface area contributed by atoms with Gasteiger partial charge in [-0.1, -0.05) is 6.92 Å². The predicted octanol–water partition coefficient (Wildman–Crippen LogP) is 5.34. The van der Waals surface area contributed by atoms with Crippen LogP contribution in [0.5, 0.6) is 0 Å². The van der Waals surface area contributed by atoms with Crippen LogP contribution in [-0.2, 0) is 4.79 Å². The molecule has 4 heterocycles. The molecule has 4 aromatic rings. The van der Waals surface area contributed by atoms with E-state index < -0.39 is 5.97 Å². The Balaban J connectivity index is 1.46. The van der Waals surface area contributed by atoms with Crippen molar-refractivity contribution >= 4 is 28.8 Å². The van der Waals surface area contributed by atoms with Crippen molar-refractivity contribution < 1.29 is 19.1 Å². The molecule has 9 heteroatoms. The number of carbonyl (C=O) groups excluding carboxylic acids is 1. The van der Waals surface area contributed by atoms with Crippen molar-refractivity contribution in [2.24, 2.45) is 11.8 Å². The van der Waals surface area contributed by atoms with E-state index in [1.165, 1.54) is 10.9 Å². The highest BCUT2D eigenvalue weighted by molar-refractivity contribution is 6.01. The summed E-state index contributed by atoms with van der Waals surface area (Å²) < 4.78 is 7.29. The molecule has 5 rings (SSSR count). The maximum absolute atomic E-state index is 13.5. The SMILES string of the molecule is CC(C)N(c1nn(-c2ccc(-c3cc4ncccc4o3)nc2)cc1C(=O)O)C(=O)[C@H]1CC[C@H](C)CC1. The minimum atomic E-state index is -1.13. The molecule has 1 amide bonds. The monoisotopic (exact) mass is 487 g/mol. The average molecular weight is 488 g/mol. The van der Waals surface area contributed by atoms with Crippen molar-refractivity contribution in [3.63, 3.8) is 0 Å². The molecule has 0 saturated heterocycles. The molecule has 0 aromatic carbocycles. The maximum atomic E-state index is 13.5. The summed E-state index contributed by atoms with van der Waals surface area (Å²) in [5.41, 5.74) is 2.59. The van der Waals surface area contributed by atoms with E-state index in [1.54, 1.807) is 35.5 Å². The molecule has 1 N–H and O–H groups in total. The molecular formula is C27H29N5O4. The first-order chi connectivity index (χ1) is 17.3. The second-order valence-corrected chi connectivity index (χ2v) is 9.77. The number of fused-ring (bicyclic) bond motifs is 1. The topological polar surface area (TPSA) is 114 Å². The zero-order valence-electron chi connectivity index (χ0n) is 20.6. The van der Waals surface area contributed by atoms with E-state index in [1.807, 2.05) is 26.0 Å². The first kappa shape index (κ1) is 23.7. The molecule has 9 nitrogen and oxygen atoms in total. The molecule has 4 aromatic heterocycles. The first-order valence-corrected chi connectivity index (χ1v) is 12.3. The van der Waals surface area contributed by atoms with Crippen LogP contribution in [0, 0.1) is 11.8 Å². The lowest BCUT2D eigenvalue weighted by atomic mass is 9.82. The van der Waals surface area contributed by atoms with Gasteiger partial charge in [0, 0.05) is 30.4 Å². The fourth-order valence-electron chi connectivity index (χ4n) is 4.80. The van der Waals surface area contributed by atoms with E-state index in [0.717, 1.165) is 31.2 Å². The van der Waals surface area contributed by atoms with Gasteiger partial charge < -0.3 is 9.52 Å². The second kappa shape index (κ2) is 9.56. The highest BCUT2D eigenvalue weighted by atomic mass is 16.4. The number of amides is 1. The molecule has 1 saturated carbocycles. The van der Waals surface area contributed by atoms with Gasteiger partial charge in [-0.2, -0.15) is 0 Å². The van der Waals surface area contributed by atoms with Gasteiger partial charge in [0.25, 0.3) is 0 Å². The highest BCUT2D eigenvalue weighted by Gasteiger charge is 2.34. The molecule has 1 aliphatic rings. The van der Waals surface area contributed by atoms with E-state index in [0.29, 0.717) is 28.6 Å². The number of hydrogen-bond acceptors (Lipinski definition) is 6. The van der Waals surface area contributed by atoms with E-state index >= 15 is 0 Å². The number of carboxylic acid groups (broad SMARTS) is 1. The third-order valence-electron chi connectivity index (χ3n) is 6.82. The van der Waals surface area contributed by atoms with Gasteiger partial charge in [0.2, 0.25) is 5.91 Å². The van der Waals surface area contributed by atoms with Gasteiger partial charge in [0.1, 0.15) is 16.8 Å². The van der Waals surface area contributed by atoms with Crippen LogP contribution in [0.3, 0.4) is 0 Å². The molecule has 186 valence electrons. The summed E-state index contributed by atoms with van der Waals surface area (Å²) in [7, 11) is 0. The largest absolute Gasteiger partial charge is 0.477 e. The van der Waals surface area contributed by atoms with Crippen molar-refractivity contribution in [2.75, 3.05) is 4.90 Å². The number of rotatable bonds is 6. The summed E-state index contributed by atoms with van der Waals surface area (Å²) in [6, 6.07) is 8.80. The lowest BCUT2D eigenvalue weighted by molar-refractivity contribution is -0.124. The number of furan rings is 1. The van der Waals surface area contributed by atoms with Crippen LogP contribution in [0.2, 0.25) is 0 Å². The lowest BCUT2D eigenvalue weighted by Crippen LogP contribution is -2.43. The Kier molecular flexibility index (Phi) is 6.30. The number of carbonyl (C=O) groups is 2. The number of nitrogens with zero attached hydrogens (tertiary/aromatic N) is 5. The maximum Gasteiger partial charge on any atom is 0.341 e. The minimum Gasteiger partial charge on any atom is -0.477 e. The van der Waals surface area contributed by atoms with Gasteiger partial charge in [-0.05, 0) is 69.7 Å². The molecule has 36 heavy (non-hydrogen) atoms. The second-order valence-electron chi connectivity index (χ2n) is 9.77. The number of hydrogen-bond donors (Lipinski definition) is 1. The van der Waals surface area contributed by atoms with Crippen molar-refractivity contribution in [1.82, 2.24) is 19.7 Å². The Bertz CT molecular complexity index is 1360. The van der Waals surface area contributed by atoms with Gasteiger partial charge in [0.05, 0.1) is 11.9 Å². The molecule has 0 aliphatic heterocycles. The van der Waals surface area contributed by atoms with Crippen molar-refractivity contribution in [3.8, 4) is 17.1 Å². The van der Waals surface area contributed by atoms with E-state index in [4.69, 9.17) is 4.42 Å². The standard InChI is InChI=1S/C27H29N5O4/c1-16(2)32(26(33)18-8-6-17(3)7-9-18)25-20(27(34)35)15-31(30-25)19-10-11-21(29-14-19)24-13-22-23(36-24)5-4-12-28-22/h4-5,10-18H,6-9H2,1-3H3,(H,34,35)/t17-,18-. The van der Waals surface area contributed by atoms with Crippen molar-refractivity contribution in [2.45, 2.75) is 52.5 Å². The highest BCUT2D eigenvalue weighted by Crippen LogP contribution is 2.33. The predicted molar refractivity (Wildman–Crippen MR) is 135 cm³/mol. The normalized spacial score (nSPS) is 18.0. The van der Waals surface area contributed by atoms with Crippen molar-refractivity contribution in [1.29, 1.82) is 0 Å². The van der Waals surface area contributed by atoms with E-state index in [9.17, 15) is 14.7 Å². The Morgan fingerprint density at radius 1 is 1.14 bits per heavy atom. The number of aromatic carboxylic acids is 1. The zero-order valence-corrected chi connectivity index (χ0v) is 20.6. The van der Waals surface area contributed by atoms with Crippen LogP contribution in [0.1, 0.15) is 56.8 Å². The Labute approximate surface area is 208 Å². The number of carboxylic acids is 1.